The second-order valence-corrected chi connectivity index (χ2v) is 6.12. The van der Waals surface area contributed by atoms with E-state index in [1.807, 2.05) is 6.33 Å². The molecular weight excluding hydrogens is 268 g/mol. The summed E-state index contributed by atoms with van der Waals surface area (Å²) < 4.78 is 2.16. The molecule has 1 aliphatic rings. The van der Waals surface area contributed by atoms with Crippen molar-refractivity contribution in [1.82, 2.24) is 4.98 Å². The molecule has 0 bridgehead atoms. The molecule has 2 nitrogen and oxygen atoms in total. The summed E-state index contributed by atoms with van der Waals surface area (Å²) in [5.41, 5.74) is 10.5. The molecule has 3 aromatic rings. The Kier molecular flexibility index (Phi) is 2.86. The minimum absolute atomic E-state index is 0.975. The minimum atomic E-state index is 0.975. The lowest BCUT2D eigenvalue weighted by molar-refractivity contribution is -0.663. The monoisotopic (exact) mass is 287 g/mol. The van der Waals surface area contributed by atoms with E-state index in [1.54, 1.807) is 0 Å². The van der Waals surface area contributed by atoms with Crippen molar-refractivity contribution in [3.63, 3.8) is 0 Å². The van der Waals surface area contributed by atoms with Gasteiger partial charge in [0, 0.05) is 17.5 Å². The van der Waals surface area contributed by atoms with E-state index in [4.69, 9.17) is 4.98 Å². The van der Waals surface area contributed by atoms with Gasteiger partial charge in [0.1, 0.15) is 5.69 Å². The van der Waals surface area contributed by atoms with Crippen molar-refractivity contribution in [3.8, 4) is 22.5 Å². The van der Waals surface area contributed by atoms with Crippen LogP contribution in [0.5, 0.6) is 0 Å². The van der Waals surface area contributed by atoms with E-state index in [9.17, 15) is 0 Å². The van der Waals surface area contributed by atoms with E-state index < -0.39 is 0 Å². The molecule has 2 aromatic carbocycles. The molecule has 0 saturated heterocycles. The van der Waals surface area contributed by atoms with E-state index in [0.29, 0.717) is 0 Å². The Morgan fingerprint density at radius 3 is 2.41 bits per heavy atom. The summed E-state index contributed by atoms with van der Waals surface area (Å²) in [4.78, 5) is 4.72. The minimum Gasteiger partial charge on any atom is -0.232 e. The zero-order chi connectivity index (χ0) is 15.3. The first-order chi connectivity index (χ1) is 10.7. The molecule has 0 unspecified atom stereocenters. The predicted molar refractivity (Wildman–Crippen MR) is 88.6 cm³/mol. The van der Waals surface area contributed by atoms with Crippen LogP contribution in [0.25, 0.3) is 22.5 Å². The SMILES string of the molecule is Cc1ccccc1-c1c2c(nc[n+]1C)-c1cccc(C)c1C2. The fourth-order valence-corrected chi connectivity index (χ4v) is 3.53. The van der Waals surface area contributed by atoms with Crippen molar-refractivity contribution in [2.24, 2.45) is 7.05 Å². The third kappa shape index (κ3) is 1.80. The molecule has 1 aliphatic carbocycles. The van der Waals surface area contributed by atoms with Crippen LogP contribution in [-0.4, -0.2) is 4.98 Å². The maximum absolute atomic E-state index is 4.72. The van der Waals surface area contributed by atoms with Gasteiger partial charge in [0.25, 0.3) is 6.33 Å². The fraction of sp³-hybridized carbons (Fsp3) is 0.200. The molecule has 0 atom stereocenters. The first-order valence-electron chi connectivity index (χ1n) is 7.69. The summed E-state index contributed by atoms with van der Waals surface area (Å²) in [6, 6.07) is 15.1. The van der Waals surface area contributed by atoms with Gasteiger partial charge in [-0.15, -0.1) is 0 Å². The van der Waals surface area contributed by atoms with Crippen LogP contribution in [0, 0.1) is 13.8 Å². The van der Waals surface area contributed by atoms with E-state index in [2.05, 4.69) is 67.9 Å². The summed E-state index contributed by atoms with van der Waals surface area (Å²) >= 11 is 0. The molecule has 0 N–H and O–H groups in total. The molecule has 1 heterocycles. The molecule has 1 aromatic heterocycles. The molecule has 2 heteroatoms. The highest BCUT2D eigenvalue weighted by atomic mass is 15.0. The number of rotatable bonds is 1. The van der Waals surface area contributed by atoms with E-state index in [1.165, 1.54) is 39.1 Å². The number of aromatic nitrogens is 2. The highest BCUT2D eigenvalue weighted by Gasteiger charge is 2.30. The first kappa shape index (κ1) is 13.2. The van der Waals surface area contributed by atoms with Crippen molar-refractivity contribution in [1.29, 1.82) is 0 Å². The Morgan fingerprint density at radius 2 is 1.59 bits per heavy atom. The van der Waals surface area contributed by atoms with Gasteiger partial charge in [-0.25, -0.2) is 4.57 Å². The van der Waals surface area contributed by atoms with Crippen LogP contribution in [0.3, 0.4) is 0 Å². The lowest BCUT2D eigenvalue weighted by Gasteiger charge is -2.09. The second kappa shape index (κ2) is 4.77. The number of fused-ring (bicyclic) bond motifs is 3. The first-order valence-corrected chi connectivity index (χ1v) is 7.69. The molecule has 22 heavy (non-hydrogen) atoms. The zero-order valence-corrected chi connectivity index (χ0v) is 13.2. The normalized spacial score (nSPS) is 12.1. The third-order valence-electron chi connectivity index (χ3n) is 4.70. The fourth-order valence-electron chi connectivity index (χ4n) is 3.53. The maximum Gasteiger partial charge on any atom is 0.287 e. The van der Waals surface area contributed by atoms with Crippen molar-refractivity contribution in [3.05, 3.63) is 71.0 Å². The molecule has 0 spiro atoms. The van der Waals surface area contributed by atoms with Gasteiger partial charge in [-0.05, 0) is 35.5 Å². The van der Waals surface area contributed by atoms with Crippen molar-refractivity contribution in [2.45, 2.75) is 20.3 Å². The van der Waals surface area contributed by atoms with Crippen molar-refractivity contribution in [2.75, 3.05) is 0 Å². The molecule has 0 aliphatic heterocycles. The number of hydrogen-bond acceptors (Lipinski definition) is 1. The summed E-state index contributed by atoms with van der Waals surface area (Å²) in [6.45, 7) is 4.37. The van der Waals surface area contributed by atoms with E-state index >= 15 is 0 Å². The number of benzene rings is 2. The zero-order valence-electron chi connectivity index (χ0n) is 13.2. The topological polar surface area (TPSA) is 16.8 Å². The molecule has 0 amide bonds. The second-order valence-electron chi connectivity index (χ2n) is 6.12. The van der Waals surface area contributed by atoms with Gasteiger partial charge >= 0.3 is 0 Å². The van der Waals surface area contributed by atoms with Gasteiger partial charge in [-0.1, -0.05) is 42.5 Å². The van der Waals surface area contributed by atoms with Crippen LogP contribution in [0.2, 0.25) is 0 Å². The molecule has 0 saturated carbocycles. The Balaban J connectivity index is 2.02. The predicted octanol–water partition coefficient (Wildman–Crippen LogP) is 3.76. The average molecular weight is 287 g/mol. The van der Waals surface area contributed by atoms with Gasteiger partial charge < -0.3 is 0 Å². The standard InChI is InChI=1S/C20H19N2/c1-13-7-4-5-9-15(13)20-18-11-17-14(2)8-6-10-16(17)19(18)21-12-22(20)3/h4-10,12H,11H2,1-3H3/q+1. The highest BCUT2D eigenvalue weighted by molar-refractivity contribution is 5.80. The van der Waals surface area contributed by atoms with Crippen LogP contribution in [0.15, 0.2) is 48.8 Å². The van der Waals surface area contributed by atoms with E-state index in [0.717, 1.165) is 12.1 Å². The molecule has 0 fully saturated rings. The largest absolute Gasteiger partial charge is 0.287 e. The Labute approximate surface area is 131 Å². The smallest absolute Gasteiger partial charge is 0.232 e. The summed E-state index contributed by atoms with van der Waals surface area (Å²) in [6.07, 6.45) is 2.92. The summed E-state index contributed by atoms with van der Waals surface area (Å²) in [5, 5.41) is 0. The molecule has 108 valence electrons. The van der Waals surface area contributed by atoms with Crippen LogP contribution in [0.4, 0.5) is 0 Å². The Bertz CT molecular complexity index is 894. The quantitative estimate of drug-likeness (QED) is 0.487. The van der Waals surface area contributed by atoms with Crippen LogP contribution < -0.4 is 4.57 Å². The van der Waals surface area contributed by atoms with E-state index in [-0.39, 0.29) is 0 Å². The van der Waals surface area contributed by atoms with Gasteiger partial charge in [-0.2, -0.15) is 0 Å². The Morgan fingerprint density at radius 1 is 0.864 bits per heavy atom. The van der Waals surface area contributed by atoms with Crippen LogP contribution >= 0.6 is 0 Å². The molecule has 0 radical (unpaired) electrons. The average Bonchev–Trinajstić information content (AvgIpc) is 2.88. The number of nitrogens with zero attached hydrogens (tertiary/aromatic N) is 2. The van der Waals surface area contributed by atoms with Gasteiger partial charge in [0.05, 0.1) is 12.6 Å². The lowest BCUT2D eigenvalue weighted by Crippen LogP contribution is -2.33. The van der Waals surface area contributed by atoms with Crippen molar-refractivity contribution < 1.29 is 4.57 Å². The van der Waals surface area contributed by atoms with Crippen LogP contribution in [0.1, 0.15) is 22.3 Å². The molecular formula is C20H19N2+. The molecule has 4 rings (SSSR count). The van der Waals surface area contributed by atoms with Gasteiger partial charge in [0.2, 0.25) is 0 Å². The highest BCUT2D eigenvalue weighted by Crippen LogP contribution is 2.40. The Hall–Kier alpha value is -2.48. The van der Waals surface area contributed by atoms with Gasteiger partial charge in [-0.3, -0.25) is 0 Å². The maximum atomic E-state index is 4.72. The number of hydrogen-bond donors (Lipinski definition) is 0. The third-order valence-corrected chi connectivity index (χ3v) is 4.70. The summed E-state index contributed by atoms with van der Waals surface area (Å²) in [5.74, 6) is 0. The van der Waals surface area contributed by atoms with Crippen LogP contribution in [-0.2, 0) is 13.5 Å². The van der Waals surface area contributed by atoms with Crippen molar-refractivity contribution >= 4 is 0 Å². The van der Waals surface area contributed by atoms with Gasteiger partial charge in [0.15, 0.2) is 5.69 Å². The summed E-state index contributed by atoms with van der Waals surface area (Å²) in [7, 11) is 2.09. The lowest BCUT2D eigenvalue weighted by atomic mass is 9.99. The number of aryl methyl sites for hydroxylation is 3.